The third-order valence-corrected chi connectivity index (χ3v) is 4.46. The van der Waals surface area contributed by atoms with E-state index in [9.17, 15) is 4.79 Å². The van der Waals surface area contributed by atoms with Crippen molar-refractivity contribution in [1.82, 2.24) is 4.90 Å². The van der Waals surface area contributed by atoms with E-state index in [4.69, 9.17) is 0 Å². The number of rotatable bonds is 6. The molecule has 2 nitrogen and oxygen atoms in total. The Morgan fingerprint density at radius 3 is 2.71 bits per heavy atom. The van der Waals surface area contributed by atoms with Crippen LogP contribution in [0.15, 0.2) is 15.2 Å². The summed E-state index contributed by atoms with van der Waals surface area (Å²) >= 11 is 4.97. The fraction of sp³-hybridized carbons (Fsp3) is 0.615. The topological polar surface area (TPSA) is 20.3 Å². The Bertz CT molecular complexity index is 364. The van der Waals surface area contributed by atoms with Gasteiger partial charge in [0.25, 0.3) is 5.91 Å². The highest BCUT2D eigenvalue weighted by atomic mass is 79.9. The maximum atomic E-state index is 12.4. The lowest BCUT2D eigenvalue weighted by molar-refractivity contribution is 0.0686. The average Bonchev–Trinajstić information content (AvgIpc) is 2.75. The van der Waals surface area contributed by atoms with Crippen molar-refractivity contribution in [2.45, 2.75) is 46.1 Å². The molecular formula is C13H20BrNOS. The molecule has 1 atom stereocenters. The van der Waals surface area contributed by atoms with E-state index in [1.165, 1.54) is 0 Å². The van der Waals surface area contributed by atoms with E-state index in [1.54, 1.807) is 11.3 Å². The van der Waals surface area contributed by atoms with Crippen LogP contribution < -0.4 is 0 Å². The molecular weight excluding hydrogens is 298 g/mol. The van der Waals surface area contributed by atoms with Gasteiger partial charge in [-0.3, -0.25) is 4.79 Å². The molecule has 1 aromatic heterocycles. The van der Waals surface area contributed by atoms with Gasteiger partial charge in [-0.1, -0.05) is 20.3 Å². The highest BCUT2D eigenvalue weighted by molar-refractivity contribution is 9.11. The predicted octanol–water partition coefficient (Wildman–Crippen LogP) is 4.55. The van der Waals surface area contributed by atoms with Crippen LogP contribution in [0.25, 0.3) is 0 Å². The molecule has 0 bridgehead atoms. The van der Waals surface area contributed by atoms with Crippen molar-refractivity contribution in [1.29, 1.82) is 0 Å². The van der Waals surface area contributed by atoms with Gasteiger partial charge in [0, 0.05) is 18.0 Å². The molecule has 1 heterocycles. The molecule has 1 amide bonds. The number of nitrogens with zero attached hydrogens (tertiary/aromatic N) is 1. The highest BCUT2D eigenvalue weighted by Crippen LogP contribution is 2.23. The van der Waals surface area contributed by atoms with Crippen molar-refractivity contribution < 1.29 is 4.79 Å². The number of thiophene rings is 1. The number of halogens is 1. The van der Waals surface area contributed by atoms with Crippen molar-refractivity contribution in [3.63, 3.8) is 0 Å². The van der Waals surface area contributed by atoms with Crippen molar-refractivity contribution >= 4 is 33.2 Å². The molecule has 17 heavy (non-hydrogen) atoms. The lowest BCUT2D eigenvalue weighted by Gasteiger charge is -2.28. The maximum Gasteiger partial charge on any atom is 0.254 e. The molecule has 1 aromatic rings. The lowest BCUT2D eigenvalue weighted by Crippen LogP contribution is -2.38. The third kappa shape index (κ3) is 4.11. The number of carbonyl (C=O) groups excluding carboxylic acids is 1. The molecule has 0 aliphatic rings. The Balaban J connectivity index is 2.78. The molecule has 0 aliphatic carbocycles. The van der Waals surface area contributed by atoms with Crippen LogP contribution in [-0.4, -0.2) is 23.4 Å². The van der Waals surface area contributed by atoms with Crippen LogP contribution in [-0.2, 0) is 0 Å². The summed E-state index contributed by atoms with van der Waals surface area (Å²) in [5.41, 5.74) is 0.804. The fourth-order valence-electron chi connectivity index (χ4n) is 1.66. The second-order valence-corrected chi connectivity index (χ2v) is 6.54. The average molecular weight is 318 g/mol. The van der Waals surface area contributed by atoms with E-state index in [-0.39, 0.29) is 5.91 Å². The number of carbonyl (C=O) groups is 1. The van der Waals surface area contributed by atoms with E-state index in [0.717, 1.165) is 35.2 Å². The largest absolute Gasteiger partial charge is 0.336 e. The summed E-state index contributed by atoms with van der Waals surface area (Å²) < 4.78 is 1.01. The lowest BCUT2D eigenvalue weighted by atomic mass is 10.1. The van der Waals surface area contributed by atoms with E-state index in [1.807, 2.05) is 16.3 Å². The molecule has 0 radical (unpaired) electrons. The molecule has 4 heteroatoms. The summed E-state index contributed by atoms with van der Waals surface area (Å²) in [5.74, 6) is 0.162. The molecule has 0 saturated heterocycles. The van der Waals surface area contributed by atoms with Gasteiger partial charge in [0.2, 0.25) is 0 Å². The molecule has 1 unspecified atom stereocenters. The van der Waals surface area contributed by atoms with Crippen molar-refractivity contribution in [2.75, 3.05) is 6.54 Å². The van der Waals surface area contributed by atoms with Crippen LogP contribution in [0.5, 0.6) is 0 Å². The summed E-state index contributed by atoms with van der Waals surface area (Å²) in [6, 6.07) is 2.22. The Labute approximate surface area is 116 Å². The highest BCUT2D eigenvalue weighted by Gasteiger charge is 2.20. The minimum Gasteiger partial charge on any atom is -0.336 e. The molecule has 96 valence electrons. The Kier molecular flexibility index (Phi) is 6.20. The van der Waals surface area contributed by atoms with Crippen molar-refractivity contribution in [3.8, 4) is 0 Å². The standard InChI is InChI=1S/C13H20BrNOS/c1-4-6-7-15(10(3)5-2)13(16)11-8-12(14)17-9-11/h8-10H,4-7H2,1-3H3. The zero-order valence-electron chi connectivity index (χ0n) is 10.7. The zero-order chi connectivity index (χ0) is 12.8. The Morgan fingerprint density at radius 1 is 1.53 bits per heavy atom. The first-order valence-corrected chi connectivity index (χ1v) is 7.82. The van der Waals surface area contributed by atoms with Gasteiger partial charge < -0.3 is 4.90 Å². The van der Waals surface area contributed by atoms with Crippen LogP contribution in [0, 0.1) is 0 Å². The first-order valence-electron chi connectivity index (χ1n) is 6.15. The van der Waals surface area contributed by atoms with Crippen LogP contribution in [0.4, 0.5) is 0 Å². The van der Waals surface area contributed by atoms with E-state index < -0.39 is 0 Å². The number of hydrogen-bond acceptors (Lipinski definition) is 2. The first kappa shape index (κ1) is 14.7. The van der Waals surface area contributed by atoms with Crippen LogP contribution in [0.2, 0.25) is 0 Å². The fourth-order valence-corrected chi connectivity index (χ4v) is 2.79. The minimum atomic E-state index is 0.162. The summed E-state index contributed by atoms with van der Waals surface area (Å²) in [7, 11) is 0. The monoisotopic (exact) mass is 317 g/mol. The van der Waals surface area contributed by atoms with Gasteiger partial charge in [0.1, 0.15) is 0 Å². The van der Waals surface area contributed by atoms with Gasteiger partial charge in [-0.05, 0) is 41.8 Å². The maximum absolute atomic E-state index is 12.4. The van der Waals surface area contributed by atoms with Gasteiger partial charge in [-0.2, -0.15) is 0 Å². The molecule has 0 aliphatic heterocycles. The van der Waals surface area contributed by atoms with Gasteiger partial charge in [0.15, 0.2) is 0 Å². The molecule has 1 rings (SSSR count). The van der Waals surface area contributed by atoms with Gasteiger partial charge in [0.05, 0.1) is 9.35 Å². The summed E-state index contributed by atoms with van der Waals surface area (Å²) in [5, 5.41) is 1.92. The van der Waals surface area contributed by atoms with Gasteiger partial charge >= 0.3 is 0 Å². The quantitative estimate of drug-likeness (QED) is 0.753. The minimum absolute atomic E-state index is 0.162. The summed E-state index contributed by atoms with van der Waals surface area (Å²) in [4.78, 5) is 14.4. The van der Waals surface area contributed by atoms with E-state index in [0.29, 0.717) is 6.04 Å². The number of hydrogen-bond donors (Lipinski definition) is 0. The molecule has 0 fully saturated rings. The Morgan fingerprint density at radius 2 is 2.24 bits per heavy atom. The van der Waals surface area contributed by atoms with Crippen molar-refractivity contribution in [3.05, 3.63) is 20.8 Å². The van der Waals surface area contributed by atoms with E-state index >= 15 is 0 Å². The summed E-state index contributed by atoms with van der Waals surface area (Å²) in [6.45, 7) is 7.26. The number of amides is 1. The molecule has 0 aromatic carbocycles. The Hall–Kier alpha value is -0.350. The van der Waals surface area contributed by atoms with Crippen molar-refractivity contribution in [2.24, 2.45) is 0 Å². The summed E-state index contributed by atoms with van der Waals surface area (Å²) in [6.07, 6.45) is 3.19. The van der Waals surface area contributed by atoms with Crippen LogP contribution in [0.3, 0.4) is 0 Å². The first-order chi connectivity index (χ1) is 8.10. The van der Waals surface area contributed by atoms with Gasteiger partial charge in [-0.15, -0.1) is 11.3 Å². The molecule has 0 N–H and O–H groups in total. The molecule has 0 saturated carbocycles. The predicted molar refractivity (Wildman–Crippen MR) is 77.7 cm³/mol. The van der Waals surface area contributed by atoms with E-state index in [2.05, 4.69) is 36.7 Å². The molecule has 0 spiro atoms. The zero-order valence-corrected chi connectivity index (χ0v) is 13.1. The third-order valence-electron chi connectivity index (χ3n) is 2.95. The SMILES string of the molecule is CCCCN(C(=O)c1csc(Br)c1)C(C)CC. The number of unbranched alkanes of at least 4 members (excludes halogenated alkanes) is 1. The van der Waals surface area contributed by atoms with Gasteiger partial charge in [-0.25, -0.2) is 0 Å². The second kappa shape index (κ2) is 7.17. The smallest absolute Gasteiger partial charge is 0.254 e. The second-order valence-electron chi connectivity index (χ2n) is 4.25. The normalized spacial score (nSPS) is 12.5. The van der Waals surface area contributed by atoms with Crippen LogP contribution in [0.1, 0.15) is 50.4 Å². The van der Waals surface area contributed by atoms with Crippen LogP contribution >= 0.6 is 27.3 Å².